The molecule has 15 heteroatoms. The summed E-state index contributed by atoms with van der Waals surface area (Å²) in [6.07, 6.45) is 0.812. The normalized spacial score (nSPS) is 18.0. The molecule has 4 amide bonds. The quantitative estimate of drug-likeness (QED) is 0.275. The molecule has 2 aliphatic heterocycles. The molecule has 1 fully saturated rings. The van der Waals surface area contributed by atoms with Gasteiger partial charge in [-0.2, -0.15) is 0 Å². The topological polar surface area (TPSA) is 172 Å². The second kappa shape index (κ2) is 13.3. The average Bonchev–Trinajstić information content (AvgIpc) is 3.01. The number of rotatable bonds is 8. The van der Waals surface area contributed by atoms with Gasteiger partial charge in [0.05, 0.1) is 25.6 Å². The molecule has 0 saturated carbocycles. The van der Waals surface area contributed by atoms with Crippen LogP contribution in [0, 0.1) is 0 Å². The summed E-state index contributed by atoms with van der Waals surface area (Å²) in [5.41, 5.74) is 1.74. The van der Waals surface area contributed by atoms with E-state index in [1.165, 1.54) is 31.4 Å². The third-order valence-electron chi connectivity index (χ3n) is 7.64. The third kappa shape index (κ3) is 7.69. The molecule has 2 aliphatic rings. The molecule has 5 rings (SSSR count). The second-order valence-electron chi connectivity index (χ2n) is 11.1. The Labute approximate surface area is 270 Å². The Bertz CT molecular complexity index is 1770. The first-order valence-electron chi connectivity index (χ1n) is 14.3. The maximum absolute atomic E-state index is 14.2. The van der Waals surface area contributed by atoms with Crippen molar-refractivity contribution in [2.24, 2.45) is 0 Å². The highest BCUT2D eigenvalue weighted by Crippen LogP contribution is 2.43. The number of piperidine rings is 1. The van der Waals surface area contributed by atoms with E-state index in [1.807, 2.05) is 0 Å². The molecule has 2 atom stereocenters. The minimum atomic E-state index is -3.49. The number of nitrogens with one attached hydrogen (secondary N) is 4. The first-order valence-corrected chi connectivity index (χ1v) is 16.5. The van der Waals surface area contributed by atoms with Crippen LogP contribution in [0.1, 0.15) is 34.3 Å². The molecule has 0 aliphatic carbocycles. The van der Waals surface area contributed by atoms with E-state index >= 15 is 0 Å². The molecule has 4 N–H and O–H groups in total. The molecule has 0 aromatic heterocycles. The molecule has 46 heavy (non-hydrogen) atoms. The molecule has 1 spiro atoms. The number of amides is 4. The number of hydrogen-bond donors (Lipinski definition) is 4. The van der Waals surface area contributed by atoms with Crippen molar-refractivity contribution in [3.05, 3.63) is 88.4 Å². The molecular weight excluding hydrogens is 638 g/mol. The SMILES string of the molecule is COC(=O)Nc1ccc(C(=O)N[C@@H](Cc2ccc(NS(C)(=O)=O)cc2)C(=O)N2CCC[C@@]3(C2)OC(=O)Nc2ccc(Cl)cc23)cc1. The zero-order valence-corrected chi connectivity index (χ0v) is 26.5. The first-order chi connectivity index (χ1) is 21.8. The fourth-order valence-corrected chi connectivity index (χ4v) is 6.31. The maximum atomic E-state index is 14.2. The average molecular weight is 670 g/mol. The summed E-state index contributed by atoms with van der Waals surface area (Å²) >= 11 is 6.30. The van der Waals surface area contributed by atoms with Gasteiger partial charge in [-0.15, -0.1) is 0 Å². The van der Waals surface area contributed by atoms with Gasteiger partial charge in [0.2, 0.25) is 15.9 Å². The van der Waals surface area contributed by atoms with Crippen molar-refractivity contribution in [3.8, 4) is 0 Å². The van der Waals surface area contributed by atoms with Crippen LogP contribution in [0.2, 0.25) is 5.02 Å². The summed E-state index contributed by atoms with van der Waals surface area (Å²) in [7, 11) is -2.25. The molecule has 0 radical (unpaired) electrons. The zero-order valence-electron chi connectivity index (χ0n) is 25.0. The van der Waals surface area contributed by atoms with Crippen molar-refractivity contribution >= 4 is 62.7 Å². The highest BCUT2D eigenvalue weighted by atomic mass is 35.5. The Kier molecular flexibility index (Phi) is 9.39. The Balaban J connectivity index is 1.40. The number of fused-ring (bicyclic) bond motifs is 2. The molecule has 0 bridgehead atoms. The van der Waals surface area contributed by atoms with Crippen molar-refractivity contribution in [1.82, 2.24) is 10.2 Å². The number of halogens is 1. The van der Waals surface area contributed by atoms with Gasteiger partial charge in [0.1, 0.15) is 6.04 Å². The standard InChI is InChI=1S/C31H32ClN5O8S/c1-44-29(40)33-22-11-6-20(7-12-22)27(38)34-26(16-19-4-9-23(10-5-19)36-46(2,42)43)28(39)37-15-3-14-31(18-37)24-17-21(32)8-13-25(24)35-30(41)45-31/h4-13,17,26,36H,3,14-16,18H2,1-2H3,(H,33,40)(H,34,38)(H,35,41)/t26-,31-/m0/s1. The van der Waals surface area contributed by atoms with E-state index in [-0.39, 0.29) is 18.5 Å². The Morgan fingerprint density at radius 1 is 1.07 bits per heavy atom. The van der Waals surface area contributed by atoms with Crippen molar-refractivity contribution in [3.63, 3.8) is 0 Å². The summed E-state index contributed by atoms with van der Waals surface area (Å²) in [6, 6.07) is 16.5. The number of sulfonamides is 1. The maximum Gasteiger partial charge on any atom is 0.412 e. The number of ether oxygens (including phenoxy) is 2. The van der Waals surface area contributed by atoms with Crippen LogP contribution in [0.15, 0.2) is 66.7 Å². The first kappa shape index (κ1) is 32.6. The number of likely N-dealkylation sites (tertiary alicyclic amines) is 1. The van der Waals surface area contributed by atoms with Crippen LogP contribution >= 0.6 is 11.6 Å². The van der Waals surface area contributed by atoms with Crippen molar-refractivity contribution < 1.29 is 37.1 Å². The number of anilines is 3. The highest BCUT2D eigenvalue weighted by Gasteiger charge is 2.47. The van der Waals surface area contributed by atoms with Gasteiger partial charge in [0.15, 0.2) is 5.60 Å². The van der Waals surface area contributed by atoms with E-state index in [1.54, 1.807) is 47.4 Å². The number of benzene rings is 3. The lowest BCUT2D eigenvalue weighted by Crippen LogP contribution is -2.57. The van der Waals surface area contributed by atoms with Crippen LogP contribution in [0.3, 0.4) is 0 Å². The van der Waals surface area contributed by atoms with E-state index in [0.717, 1.165) is 6.26 Å². The lowest BCUT2D eigenvalue weighted by molar-refractivity contribution is -0.141. The van der Waals surface area contributed by atoms with Crippen LogP contribution in [-0.2, 0) is 36.3 Å². The number of nitrogens with zero attached hydrogens (tertiary/aromatic N) is 1. The van der Waals surface area contributed by atoms with Gasteiger partial charge in [-0.25, -0.2) is 18.0 Å². The largest absolute Gasteiger partial charge is 0.453 e. The molecule has 2 heterocycles. The fourth-order valence-electron chi connectivity index (χ4n) is 5.58. The smallest absolute Gasteiger partial charge is 0.412 e. The van der Waals surface area contributed by atoms with Gasteiger partial charge in [0.25, 0.3) is 5.91 Å². The number of hydrogen-bond acceptors (Lipinski definition) is 8. The minimum absolute atomic E-state index is 0.0457. The summed E-state index contributed by atoms with van der Waals surface area (Å²) in [5, 5.41) is 8.48. The molecule has 3 aromatic carbocycles. The molecule has 0 unspecified atom stereocenters. The molecule has 1 saturated heterocycles. The van der Waals surface area contributed by atoms with Gasteiger partial charge in [-0.3, -0.25) is 24.9 Å². The lowest BCUT2D eigenvalue weighted by atomic mass is 9.83. The molecule has 242 valence electrons. The second-order valence-corrected chi connectivity index (χ2v) is 13.2. The van der Waals surface area contributed by atoms with Gasteiger partial charge < -0.3 is 19.7 Å². The summed E-state index contributed by atoms with van der Waals surface area (Å²) in [5.74, 6) is -0.927. The van der Waals surface area contributed by atoms with E-state index < -0.39 is 45.7 Å². The van der Waals surface area contributed by atoms with Gasteiger partial charge in [-0.1, -0.05) is 23.7 Å². The predicted molar refractivity (Wildman–Crippen MR) is 171 cm³/mol. The van der Waals surface area contributed by atoms with Crippen LogP contribution in [0.25, 0.3) is 0 Å². The van der Waals surface area contributed by atoms with Crippen LogP contribution in [0.5, 0.6) is 0 Å². The van der Waals surface area contributed by atoms with E-state index in [0.29, 0.717) is 52.6 Å². The van der Waals surface area contributed by atoms with E-state index in [4.69, 9.17) is 16.3 Å². The third-order valence-corrected chi connectivity index (χ3v) is 8.48. The Hall–Kier alpha value is -4.82. The summed E-state index contributed by atoms with van der Waals surface area (Å²) < 4.78 is 36.1. The monoisotopic (exact) mass is 669 g/mol. The minimum Gasteiger partial charge on any atom is -0.453 e. The fraction of sp³-hybridized carbons (Fsp3) is 0.290. The van der Waals surface area contributed by atoms with E-state index in [9.17, 15) is 27.6 Å². The van der Waals surface area contributed by atoms with Gasteiger partial charge >= 0.3 is 12.2 Å². The molecular formula is C31H32ClN5O8S. The lowest BCUT2D eigenvalue weighted by Gasteiger charge is -2.45. The van der Waals surface area contributed by atoms with Crippen LogP contribution in [0.4, 0.5) is 26.7 Å². The van der Waals surface area contributed by atoms with Gasteiger partial charge in [0, 0.05) is 40.5 Å². The van der Waals surface area contributed by atoms with E-state index in [2.05, 4.69) is 25.4 Å². The number of carbonyl (C=O) groups excluding carboxylic acids is 4. The molecule has 3 aromatic rings. The zero-order chi connectivity index (χ0) is 33.1. The van der Waals surface area contributed by atoms with Crippen molar-refractivity contribution in [2.45, 2.75) is 30.9 Å². The Morgan fingerprint density at radius 3 is 2.43 bits per heavy atom. The van der Waals surface area contributed by atoms with Crippen LogP contribution in [-0.4, -0.2) is 69.8 Å². The van der Waals surface area contributed by atoms with Crippen molar-refractivity contribution in [2.75, 3.05) is 41.8 Å². The number of methoxy groups -OCH3 is 1. The van der Waals surface area contributed by atoms with Gasteiger partial charge in [-0.05, 0) is 73.0 Å². The molecule has 13 nitrogen and oxygen atoms in total. The Morgan fingerprint density at radius 2 is 1.76 bits per heavy atom. The van der Waals surface area contributed by atoms with Crippen LogP contribution < -0.4 is 20.7 Å². The highest BCUT2D eigenvalue weighted by molar-refractivity contribution is 7.92. The number of carbonyl (C=O) groups is 4. The summed E-state index contributed by atoms with van der Waals surface area (Å²) in [4.78, 5) is 53.2. The van der Waals surface area contributed by atoms with Crippen molar-refractivity contribution in [1.29, 1.82) is 0 Å². The summed E-state index contributed by atoms with van der Waals surface area (Å²) in [6.45, 7) is 0.406. The predicted octanol–water partition coefficient (Wildman–Crippen LogP) is 4.31.